The summed E-state index contributed by atoms with van der Waals surface area (Å²) in [5, 5.41) is 11.1. The smallest absolute Gasteiger partial charge is 0.276 e. The van der Waals surface area contributed by atoms with Crippen molar-refractivity contribution in [2.24, 2.45) is 0 Å². The van der Waals surface area contributed by atoms with Crippen LogP contribution in [0.25, 0.3) is 0 Å². The molecule has 0 unspecified atom stereocenters. The number of hydrogen-bond acceptors (Lipinski definition) is 3. The third-order valence-corrected chi connectivity index (χ3v) is 4.40. The molecule has 0 spiro atoms. The van der Waals surface area contributed by atoms with Crippen molar-refractivity contribution in [2.75, 3.05) is 0 Å². The zero-order valence-corrected chi connectivity index (χ0v) is 11.9. The molecule has 0 saturated carbocycles. The van der Waals surface area contributed by atoms with Gasteiger partial charge < -0.3 is 5.11 Å². The molecule has 0 heterocycles. The first-order valence-corrected chi connectivity index (χ1v) is 6.79. The first-order chi connectivity index (χ1) is 9.94. The highest BCUT2D eigenvalue weighted by Crippen LogP contribution is 2.48. The molecule has 1 aliphatic carbocycles. The number of carbonyl (C=O) groups excluding carboxylic acids is 2. The van der Waals surface area contributed by atoms with Gasteiger partial charge in [-0.3, -0.25) is 9.59 Å². The van der Waals surface area contributed by atoms with E-state index < -0.39 is 11.4 Å². The minimum atomic E-state index is -1.95. The zero-order valence-electron chi connectivity index (χ0n) is 11.9. The number of benzene rings is 2. The van der Waals surface area contributed by atoms with Gasteiger partial charge in [0.2, 0.25) is 5.78 Å². The minimum Gasteiger partial charge on any atom is -0.373 e. The van der Waals surface area contributed by atoms with E-state index in [0.29, 0.717) is 11.1 Å². The topological polar surface area (TPSA) is 54.4 Å². The van der Waals surface area contributed by atoms with Gasteiger partial charge in [-0.05, 0) is 11.1 Å². The van der Waals surface area contributed by atoms with E-state index in [9.17, 15) is 14.7 Å². The average Bonchev–Trinajstić information content (AvgIpc) is 2.52. The molecule has 2 aromatic carbocycles. The summed E-state index contributed by atoms with van der Waals surface area (Å²) in [5.74, 6) is -0.960. The van der Waals surface area contributed by atoms with E-state index >= 15 is 0 Å². The van der Waals surface area contributed by atoms with E-state index in [1.165, 1.54) is 6.29 Å². The van der Waals surface area contributed by atoms with E-state index in [2.05, 4.69) is 0 Å². The summed E-state index contributed by atoms with van der Waals surface area (Å²) in [5.41, 5.74) is 0.293. The number of hydrogen-bond donors (Lipinski definition) is 1. The third-order valence-electron chi connectivity index (χ3n) is 4.40. The molecular formula is C18H15O3. The molecule has 0 aromatic heterocycles. The SMILES string of the molecule is CC1(C)c2ccccc2C(O)(C(=O)[C]=O)c2ccccc21. The minimum absolute atomic E-state index is 0.359. The molecule has 21 heavy (non-hydrogen) atoms. The molecule has 3 rings (SSSR count). The van der Waals surface area contributed by atoms with Crippen molar-refractivity contribution in [2.45, 2.75) is 24.9 Å². The molecule has 1 radical (unpaired) electrons. The van der Waals surface area contributed by atoms with Crippen molar-refractivity contribution in [3.63, 3.8) is 0 Å². The monoisotopic (exact) mass is 279 g/mol. The molecule has 0 aliphatic heterocycles. The summed E-state index contributed by atoms with van der Waals surface area (Å²) in [6.45, 7) is 4.08. The summed E-state index contributed by atoms with van der Waals surface area (Å²) in [6, 6.07) is 14.4. The Morgan fingerprint density at radius 3 is 1.67 bits per heavy atom. The first-order valence-electron chi connectivity index (χ1n) is 6.79. The Labute approximate surface area is 123 Å². The highest BCUT2D eigenvalue weighted by molar-refractivity contribution is 6.30. The number of rotatable bonds is 2. The largest absolute Gasteiger partial charge is 0.373 e. The third kappa shape index (κ3) is 1.64. The number of Topliss-reactive ketones (excluding diaryl/α,β-unsaturated/α-hetero) is 1. The van der Waals surface area contributed by atoms with E-state index in [1.807, 2.05) is 38.1 Å². The second-order valence-corrected chi connectivity index (χ2v) is 5.86. The van der Waals surface area contributed by atoms with Gasteiger partial charge in [0.05, 0.1) is 0 Å². The fraction of sp³-hybridized carbons (Fsp3) is 0.222. The van der Waals surface area contributed by atoms with Crippen LogP contribution in [0.1, 0.15) is 36.1 Å². The van der Waals surface area contributed by atoms with Crippen LogP contribution in [0.4, 0.5) is 0 Å². The van der Waals surface area contributed by atoms with Crippen LogP contribution in [-0.4, -0.2) is 17.2 Å². The summed E-state index contributed by atoms with van der Waals surface area (Å²) in [4.78, 5) is 23.1. The quantitative estimate of drug-likeness (QED) is 0.858. The molecule has 105 valence electrons. The molecule has 0 fully saturated rings. The molecule has 1 N–H and O–H groups in total. The predicted molar refractivity (Wildman–Crippen MR) is 78.7 cm³/mol. The van der Waals surface area contributed by atoms with Gasteiger partial charge >= 0.3 is 0 Å². The fourth-order valence-electron chi connectivity index (χ4n) is 3.30. The Morgan fingerprint density at radius 2 is 1.29 bits per heavy atom. The predicted octanol–water partition coefficient (Wildman–Crippen LogP) is 2.24. The lowest BCUT2D eigenvalue weighted by atomic mass is 9.62. The summed E-state index contributed by atoms with van der Waals surface area (Å²) in [6.07, 6.45) is 1.35. The maximum absolute atomic E-state index is 12.2. The molecule has 2 aromatic rings. The molecule has 0 amide bonds. The Balaban J connectivity index is 2.45. The number of ketones is 1. The standard InChI is InChI=1S/C18H15O3/c1-17(2)12-7-3-5-9-14(12)18(21,16(20)11-19)15-10-6-4-8-13(15)17/h3-10,21H,1-2H3. The maximum atomic E-state index is 12.2. The van der Waals surface area contributed by atoms with Gasteiger partial charge in [0.1, 0.15) is 0 Å². The molecule has 3 nitrogen and oxygen atoms in total. The Hall–Kier alpha value is -2.26. The average molecular weight is 279 g/mol. The van der Waals surface area contributed by atoms with Gasteiger partial charge in [0, 0.05) is 16.5 Å². The van der Waals surface area contributed by atoms with E-state index in [0.717, 1.165) is 11.1 Å². The lowest BCUT2D eigenvalue weighted by Crippen LogP contribution is -2.45. The van der Waals surface area contributed by atoms with Crippen molar-refractivity contribution in [3.05, 3.63) is 70.8 Å². The highest BCUT2D eigenvalue weighted by atomic mass is 16.3. The van der Waals surface area contributed by atoms with Gasteiger partial charge in [-0.1, -0.05) is 62.4 Å². The fourth-order valence-corrected chi connectivity index (χ4v) is 3.30. The Morgan fingerprint density at radius 1 is 0.905 bits per heavy atom. The van der Waals surface area contributed by atoms with Crippen LogP contribution >= 0.6 is 0 Å². The Bertz CT molecular complexity index is 694. The van der Waals surface area contributed by atoms with Gasteiger partial charge in [-0.2, -0.15) is 0 Å². The van der Waals surface area contributed by atoms with Crippen molar-refractivity contribution >= 4 is 12.1 Å². The Kier molecular flexibility index (Phi) is 2.85. The number of fused-ring (bicyclic) bond motifs is 2. The number of carbonyl (C=O) groups is 1. The van der Waals surface area contributed by atoms with Crippen LogP contribution in [0, 0.1) is 0 Å². The van der Waals surface area contributed by atoms with Crippen LogP contribution < -0.4 is 0 Å². The molecule has 0 saturated heterocycles. The van der Waals surface area contributed by atoms with Crippen LogP contribution in [0.15, 0.2) is 48.5 Å². The van der Waals surface area contributed by atoms with E-state index in [4.69, 9.17) is 0 Å². The molecule has 0 atom stereocenters. The van der Waals surface area contributed by atoms with Gasteiger partial charge in [-0.25, -0.2) is 0 Å². The summed E-state index contributed by atoms with van der Waals surface area (Å²) < 4.78 is 0. The summed E-state index contributed by atoms with van der Waals surface area (Å²) in [7, 11) is 0. The van der Waals surface area contributed by atoms with Crippen LogP contribution in [0.5, 0.6) is 0 Å². The number of aliphatic hydroxyl groups is 1. The van der Waals surface area contributed by atoms with Crippen molar-refractivity contribution in [1.29, 1.82) is 0 Å². The molecule has 1 aliphatic rings. The molecule has 3 heteroatoms. The second kappa shape index (κ2) is 4.37. The van der Waals surface area contributed by atoms with Crippen LogP contribution in [0.3, 0.4) is 0 Å². The van der Waals surface area contributed by atoms with Crippen molar-refractivity contribution in [1.82, 2.24) is 0 Å². The van der Waals surface area contributed by atoms with Crippen LogP contribution in [-0.2, 0) is 20.6 Å². The zero-order chi connectivity index (χ0) is 15.3. The van der Waals surface area contributed by atoms with E-state index in [1.54, 1.807) is 24.3 Å². The second-order valence-electron chi connectivity index (χ2n) is 5.86. The van der Waals surface area contributed by atoms with E-state index in [-0.39, 0.29) is 5.41 Å². The maximum Gasteiger partial charge on any atom is 0.276 e. The van der Waals surface area contributed by atoms with Crippen molar-refractivity contribution in [3.8, 4) is 0 Å². The normalized spacial score (nSPS) is 17.5. The lowest BCUT2D eigenvalue weighted by Gasteiger charge is -2.42. The summed E-state index contributed by atoms with van der Waals surface area (Å²) >= 11 is 0. The van der Waals surface area contributed by atoms with Gasteiger partial charge in [0.15, 0.2) is 5.60 Å². The van der Waals surface area contributed by atoms with Gasteiger partial charge in [0.25, 0.3) is 6.29 Å². The first kappa shape index (κ1) is 13.7. The molecule has 0 bridgehead atoms. The highest BCUT2D eigenvalue weighted by Gasteiger charge is 2.50. The van der Waals surface area contributed by atoms with Crippen LogP contribution in [0.2, 0.25) is 0 Å². The molecular weight excluding hydrogens is 264 g/mol. The van der Waals surface area contributed by atoms with Crippen molar-refractivity contribution < 1.29 is 14.7 Å². The van der Waals surface area contributed by atoms with Gasteiger partial charge in [-0.15, -0.1) is 0 Å². The lowest BCUT2D eigenvalue weighted by molar-refractivity contribution is -0.127.